The van der Waals surface area contributed by atoms with Crippen LogP contribution < -0.4 is 5.32 Å². The molecule has 0 aromatic carbocycles. The molecular weight excluding hydrogens is 374 g/mol. The van der Waals surface area contributed by atoms with Gasteiger partial charge in [0.15, 0.2) is 0 Å². The second-order valence-electron chi connectivity index (χ2n) is 7.49. The summed E-state index contributed by atoms with van der Waals surface area (Å²) in [7, 11) is 0. The molecule has 1 saturated carbocycles. The highest BCUT2D eigenvalue weighted by atomic mass is 35.5. The van der Waals surface area contributed by atoms with E-state index in [0.717, 1.165) is 26.4 Å². The number of rotatable bonds is 3. The highest BCUT2D eigenvalue weighted by molar-refractivity contribution is 7.17. The van der Waals surface area contributed by atoms with Crippen molar-refractivity contribution in [3.63, 3.8) is 0 Å². The van der Waals surface area contributed by atoms with Crippen molar-refractivity contribution >= 4 is 41.0 Å². The summed E-state index contributed by atoms with van der Waals surface area (Å²) in [6, 6.07) is 4.35. The fourth-order valence-electron chi connectivity index (χ4n) is 4.94. The Kier molecular flexibility index (Phi) is 4.65. The number of carbonyl (C=O) groups is 1. The van der Waals surface area contributed by atoms with E-state index in [4.69, 9.17) is 0 Å². The molecule has 3 saturated heterocycles. The van der Waals surface area contributed by atoms with Crippen LogP contribution in [-0.2, 0) is 0 Å². The molecule has 2 unspecified atom stereocenters. The van der Waals surface area contributed by atoms with Gasteiger partial charge in [-0.25, -0.2) is 4.98 Å². The number of thiophene rings is 1. The molecule has 25 heavy (non-hydrogen) atoms. The topological polar surface area (TPSA) is 45.2 Å². The van der Waals surface area contributed by atoms with E-state index >= 15 is 0 Å². The van der Waals surface area contributed by atoms with Gasteiger partial charge >= 0.3 is 0 Å². The first kappa shape index (κ1) is 17.5. The fourth-order valence-corrected chi connectivity index (χ4v) is 6.50. The molecule has 1 aliphatic carbocycles. The molecular formula is C18H22ClN3OS2. The number of halogens is 1. The van der Waals surface area contributed by atoms with Crippen molar-refractivity contribution in [2.24, 2.45) is 17.8 Å². The smallest absolute Gasteiger partial charge is 0.261 e. The van der Waals surface area contributed by atoms with E-state index in [2.05, 4.69) is 20.6 Å². The molecule has 4 bridgehead atoms. The Bertz CT molecular complexity index is 759. The van der Waals surface area contributed by atoms with E-state index < -0.39 is 0 Å². The molecule has 5 heterocycles. The Labute approximate surface area is 162 Å². The SMILES string of the molecule is Cc1nc(-c2ccc(C(=O)NC3C4CC5CC3CN(C5)C4)s2)cs1.Cl. The van der Waals surface area contributed by atoms with Crippen LogP contribution >= 0.6 is 35.1 Å². The van der Waals surface area contributed by atoms with Crippen LogP contribution in [0.4, 0.5) is 0 Å². The predicted octanol–water partition coefficient (Wildman–Crippen LogP) is 3.67. The third kappa shape index (κ3) is 3.14. The lowest BCUT2D eigenvalue weighted by Gasteiger charge is -2.55. The third-order valence-electron chi connectivity index (χ3n) is 5.79. The maximum Gasteiger partial charge on any atom is 0.261 e. The van der Waals surface area contributed by atoms with E-state index in [1.807, 2.05) is 19.1 Å². The number of aromatic nitrogens is 1. The maximum absolute atomic E-state index is 12.8. The van der Waals surface area contributed by atoms with E-state index in [0.29, 0.717) is 17.9 Å². The molecule has 1 amide bonds. The monoisotopic (exact) mass is 395 g/mol. The molecule has 134 valence electrons. The van der Waals surface area contributed by atoms with Gasteiger partial charge in [-0.2, -0.15) is 0 Å². The second kappa shape index (κ2) is 6.65. The lowest BCUT2D eigenvalue weighted by molar-refractivity contribution is -0.0418. The Morgan fingerprint density at radius 3 is 2.64 bits per heavy atom. The van der Waals surface area contributed by atoms with Gasteiger partial charge in [0.05, 0.1) is 20.5 Å². The summed E-state index contributed by atoms with van der Waals surface area (Å²) in [6.45, 7) is 5.64. The average molecular weight is 396 g/mol. The Morgan fingerprint density at radius 2 is 2.00 bits per heavy atom. The van der Waals surface area contributed by atoms with Crippen molar-refractivity contribution in [1.29, 1.82) is 0 Å². The first-order valence-corrected chi connectivity index (χ1v) is 10.4. The van der Waals surface area contributed by atoms with Crippen LogP contribution in [0.1, 0.15) is 27.5 Å². The van der Waals surface area contributed by atoms with Gasteiger partial charge in [0, 0.05) is 31.1 Å². The molecule has 6 rings (SSSR count). The summed E-state index contributed by atoms with van der Waals surface area (Å²) in [5.41, 5.74) is 0.990. The van der Waals surface area contributed by atoms with Gasteiger partial charge in [0.1, 0.15) is 0 Å². The van der Waals surface area contributed by atoms with Crippen molar-refractivity contribution in [3.8, 4) is 10.6 Å². The van der Waals surface area contributed by atoms with E-state index in [-0.39, 0.29) is 18.3 Å². The summed E-state index contributed by atoms with van der Waals surface area (Å²) in [4.78, 5) is 21.8. The molecule has 2 atom stereocenters. The number of amides is 1. The van der Waals surface area contributed by atoms with E-state index in [1.165, 1.54) is 32.5 Å². The largest absolute Gasteiger partial charge is 0.348 e. The Balaban J connectivity index is 0.00000157. The summed E-state index contributed by atoms with van der Waals surface area (Å²) < 4.78 is 0. The number of hydrogen-bond donors (Lipinski definition) is 1. The molecule has 2 aromatic rings. The van der Waals surface area contributed by atoms with Crippen LogP contribution in [0.3, 0.4) is 0 Å². The zero-order chi connectivity index (χ0) is 16.3. The van der Waals surface area contributed by atoms with Gasteiger partial charge in [-0.3, -0.25) is 4.79 Å². The molecule has 4 fully saturated rings. The van der Waals surface area contributed by atoms with Crippen molar-refractivity contribution in [2.75, 3.05) is 19.6 Å². The molecule has 4 nitrogen and oxygen atoms in total. The van der Waals surface area contributed by atoms with Crippen LogP contribution in [0, 0.1) is 24.7 Å². The van der Waals surface area contributed by atoms with Crippen molar-refractivity contribution < 1.29 is 4.79 Å². The quantitative estimate of drug-likeness (QED) is 0.862. The minimum Gasteiger partial charge on any atom is -0.348 e. The van der Waals surface area contributed by atoms with Crippen LogP contribution in [0.15, 0.2) is 17.5 Å². The number of nitrogens with one attached hydrogen (secondary N) is 1. The van der Waals surface area contributed by atoms with Crippen molar-refractivity contribution in [1.82, 2.24) is 15.2 Å². The minimum atomic E-state index is 0. The summed E-state index contributed by atoms with van der Waals surface area (Å²) in [6.07, 6.45) is 2.59. The lowest BCUT2D eigenvalue weighted by Crippen LogP contribution is -2.64. The molecule has 4 aliphatic rings. The van der Waals surface area contributed by atoms with Gasteiger partial charge in [-0.15, -0.1) is 35.1 Å². The maximum atomic E-state index is 12.8. The van der Waals surface area contributed by atoms with Crippen molar-refractivity contribution in [3.05, 3.63) is 27.4 Å². The molecule has 7 heteroatoms. The number of aryl methyl sites for hydroxylation is 1. The number of thiazole rings is 1. The zero-order valence-corrected chi connectivity index (χ0v) is 16.6. The number of carbonyl (C=O) groups excluding carboxylic acids is 1. The van der Waals surface area contributed by atoms with Gasteiger partial charge in [-0.1, -0.05) is 0 Å². The lowest BCUT2D eigenvalue weighted by atomic mass is 9.65. The summed E-state index contributed by atoms with van der Waals surface area (Å²) in [5, 5.41) is 6.50. The number of nitrogens with zero attached hydrogens (tertiary/aromatic N) is 2. The third-order valence-corrected chi connectivity index (χ3v) is 7.67. The molecule has 0 spiro atoms. The molecule has 2 aromatic heterocycles. The zero-order valence-electron chi connectivity index (χ0n) is 14.1. The van der Waals surface area contributed by atoms with Crippen molar-refractivity contribution in [2.45, 2.75) is 25.8 Å². The van der Waals surface area contributed by atoms with Crippen LogP contribution in [0.5, 0.6) is 0 Å². The highest BCUT2D eigenvalue weighted by Crippen LogP contribution is 2.43. The van der Waals surface area contributed by atoms with Gasteiger partial charge in [-0.05, 0) is 49.7 Å². The minimum absolute atomic E-state index is 0. The van der Waals surface area contributed by atoms with E-state index in [1.54, 1.807) is 22.7 Å². The van der Waals surface area contributed by atoms with Gasteiger partial charge in [0.2, 0.25) is 0 Å². The van der Waals surface area contributed by atoms with Crippen LogP contribution in [0.2, 0.25) is 0 Å². The van der Waals surface area contributed by atoms with Gasteiger partial charge < -0.3 is 10.2 Å². The Morgan fingerprint density at radius 1 is 1.24 bits per heavy atom. The fraction of sp³-hybridized carbons (Fsp3) is 0.556. The molecule has 1 N–H and O–H groups in total. The average Bonchev–Trinajstić information content (AvgIpc) is 3.18. The van der Waals surface area contributed by atoms with Crippen LogP contribution in [-0.4, -0.2) is 41.5 Å². The molecule has 0 radical (unpaired) electrons. The number of hydrogen-bond acceptors (Lipinski definition) is 5. The predicted molar refractivity (Wildman–Crippen MR) is 105 cm³/mol. The first-order valence-electron chi connectivity index (χ1n) is 8.71. The first-order chi connectivity index (χ1) is 11.7. The number of piperidine rings is 3. The normalized spacial score (nSPS) is 32.4. The van der Waals surface area contributed by atoms with E-state index in [9.17, 15) is 4.79 Å². The molecule has 3 aliphatic heterocycles. The standard InChI is InChI=1S/C18H21N3OS2.ClH/c1-10-19-14(9-23-10)15-2-3-16(24-15)18(22)20-17-12-4-11-5-13(17)8-21(6-11)7-12;/h2-3,9,11-13,17H,4-8H2,1H3,(H,20,22);1H. The Hall–Kier alpha value is -0.950. The highest BCUT2D eigenvalue weighted by Gasteiger charge is 2.47. The summed E-state index contributed by atoms with van der Waals surface area (Å²) in [5.74, 6) is 2.28. The van der Waals surface area contributed by atoms with Gasteiger partial charge in [0.25, 0.3) is 5.91 Å². The van der Waals surface area contributed by atoms with Crippen LogP contribution in [0.25, 0.3) is 10.6 Å². The summed E-state index contributed by atoms with van der Waals surface area (Å²) >= 11 is 3.21. The second-order valence-corrected chi connectivity index (χ2v) is 9.64.